The number of rotatable bonds is 6. The second-order valence-corrected chi connectivity index (χ2v) is 6.92. The normalized spacial score (nSPS) is 11.9. The lowest BCUT2D eigenvalue weighted by atomic mass is 10.1. The fraction of sp³-hybridized carbons (Fsp3) is 0.571. The second kappa shape index (κ2) is 6.39. The molecule has 4 nitrogen and oxygen atoms in total. The Hall–Kier alpha value is -1.07. The minimum absolute atomic E-state index is 0.288. The first-order valence-corrected chi connectivity index (χ1v) is 8.11. The maximum absolute atomic E-state index is 12.3. The highest BCUT2D eigenvalue weighted by Crippen LogP contribution is 2.24. The summed E-state index contributed by atoms with van der Waals surface area (Å²) >= 11 is 0. The first-order chi connectivity index (χ1) is 8.77. The lowest BCUT2D eigenvalue weighted by Crippen LogP contribution is -2.28. The van der Waals surface area contributed by atoms with Crippen molar-refractivity contribution < 1.29 is 8.42 Å². The van der Waals surface area contributed by atoms with Crippen molar-refractivity contribution in [1.82, 2.24) is 4.72 Å². The predicted octanol–water partition coefficient (Wildman–Crippen LogP) is 2.67. The first kappa shape index (κ1) is 16.0. The Morgan fingerprint density at radius 2 is 1.68 bits per heavy atom. The quantitative estimate of drug-likeness (QED) is 0.844. The fourth-order valence-corrected chi connectivity index (χ4v) is 3.69. The highest BCUT2D eigenvalue weighted by atomic mass is 32.2. The van der Waals surface area contributed by atoms with E-state index >= 15 is 0 Å². The summed E-state index contributed by atoms with van der Waals surface area (Å²) in [6.45, 7) is 10.9. The molecular formula is C14H24N2O2S. The Balaban J connectivity index is 3.13. The average molecular weight is 284 g/mol. The molecule has 0 aromatic heterocycles. The summed E-state index contributed by atoms with van der Waals surface area (Å²) in [4.78, 5) is 0.398. The lowest BCUT2D eigenvalue weighted by molar-refractivity contribution is 0.559. The molecule has 0 heterocycles. The number of benzene rings is 1. The van der Waals surface area contributed by atoms with E-state index in [4.69, 9.17) is 0 Å². The molecule has 1 aromatic rings. The average Bonchev–Trinajstić information content (AvgIpc) is 2.25. The summed E-state index contributed by atoms with van der Waals surface area (Å²) < 4.78 is 27.3. The van der Waals surface area contributed by atoms with Crippen LogP contribution in [0, 0.1) is 19.8 Å². The monoisotopic (exact) mass is 284 g/mol. The summed E-state index contributed by atoms with van der Waals surface area (Å²) in [5.41, 5.74) is 2.50. The Morgan fingerprint density at radius 3 is 2.11 bits per heavy atom. The van der Waals surface area contributed by atoms with Crippen LogP contribution in [-0.4, -0.2) is 21.5 Å². The summed E-state index contributed by atoms with van der Waals surface area (Å²) in [5.74, 6) is 0.288. The largest absolute Gasteiger partial charge is 0.385 e. The molecule has 0 fully saturated rings. The van der Waals surface area contributed by atoms with Gasteiger partial charge in [0, 0.05) is 18.8 Å². The summed E-state index contributed by atoms with van der Waals surface area (Å²) in [7, 11) is -3.43. The van der Waals surface area contributed by atoms with Crippen molar-refractivity contribution >= 4 is 15.7 Å². The summed E-state index contributed by atoms with van der Waals surface area (Å²) in [5, 5.41) is 3.20. The van der Waals surface area contributed by atoms with E-state index in [1.54, 1.807) is 0 Å². The molecule has 0 amide bonds. The van der Waals surface area contributed by atoms with Crippen LogP contribution in [0.3, 0.4) is 0 Å². The van der Waals surface area contributed by atoms with E-state index in [9.17, 15) is 8.42 Å². The van der Waals surface area contributed by atoms with Gasteiger partial charge in [-0.15, -0.1) is 0 Å². The predicted molar refractivity (Wildman–Crippen MR) is 80.1 cm³/mol. The number of nitrogens with one attached hydrogen (secondary N) is 2. The van der Waals surface area contributed by atoms with Crippen molar-refractivity contribution in [2.45, 2.75) is 39.5 Å². The van der Waals surface area contributed by atoms with E-state index in [1.807, 2.05) is 46.8 Å². The molecule has 0 radical (unpaired) electrons. The van der Waals surface area contributed by atoms with E-state index in [-0.39, 0.29) is 5.92 Å². The van der Waals surface area contributed by atoms with Gasteiger partial charge in [-0.3, -0.25) is 0 Å². The maximum Gasteiger partial charge on any atom is 0.241 e. The van der Waals surface area contributed by atoms with Crippen LogP contribution in [0.2, 0.25) is 0 Å². The molecule has 0 bridgehead atoms. The third kappa shape index (κ3) is 4.21. The van der Waals surface area contributed by atoms with Gasteiger partial charge in [-0.25, -0.2) is 13.1 Å². The van der Waals surface area contributed by atoms with E-state index in [1.165, 1.54) is 0 Å². The van der Waals surface area contributed by atoms with Gasteiger partial charge in [0.05, 0.1) is 4.90 Å². The zero-order valence-electron chi connectivity index (χ0n) is 12.4. The molecule has 108 valence electrons. The summed E-state index contributed by atoms with van der Waals surface area (Å²) in [6, 6.07) is 3.75. The second-order valence-electron chi connectivity index (χ2n) is 5.22. The van der Waals surface area contributed by atoms with Crippen molar-refractivity contribution in [3.8, 4) is 0 Å². The smallest absolute Gasteiger partial charge is 0.241 e. The van der Waals surface area contributed by atoms with Gasteiger partial charge in [-0.05, 0) is 49.9 Å². The number of hydrogen-bond acceptors (Lipinski definition) is 3. The highest BCUT2D eigenvalue weighted by molar-refractivity contribution is 7.89. The van der Waals surface area contributed by atoms with Crippen LogP contribution in [0.5, 0.6) is 0 Å². The molecule has 0 aliphatic rings. The minimum atomic E-state index is -3.43. The number of sulfonamides is 1. The van der Waals surface area contributed by atoms with Crippen LogP contribution < -0.4 is 10.0 Å². The molecule has 2 N–H and O–H groups in total. The van der Waals surface area contributed by atoms with Gasteiger partial charge in [-0.2, -0.15) is 0 Å². The van der Waals surface area contributed by atoms with E-state index < -0.39 is 10.0 Å². The Kier molecular flexibility index (Phi) is 5.38. The molecule has 19 heavy (non-hydrogen) atoms. The standard InChI is InChI=1S/C14H24N2O2S/c1-6-15-13-7-11(4)14(12(5)8-13)19(17,18)16-9-10(2)3/h7-8,10,15-16H,6,9H2,1-5H3. The van der Waals surface area contributed by atoms with Crippen molar-refractivity contribution in [3.63, 3.8) is 0 Å². The Labute approximate surface area is 116 Å². The van der Waals surface area contributed by atoms with Crippen LogP contribution in [-0.2, 0) is 10.0 Å². The molecule has 0 atom stereocenters. The van der Waals surface area contributed by atoms with Gasteiger partial charge in [0.2, 0.25) is 10.0 Å². The lowest BCUT2D eigenvalue weighted by Gasteiger charge is -2.15. The third-order valence-electron chi connectivity index (χ3n) is 2.79. The molecule has 0 aliphatic carbocycles. The van der Waals surface area contributed by atoms with Crippen LogP contribution in [0.25, 0.3) is 0 Å². The molecule has 0 unspecified atom stereocenters. The zero-order chi connectivity index (χ0) is 14.6. The highest BCUT2D eigenvalue weighted by Gasteiger charge is 2.20. The number of aryl methyl sites for hydroxylation is 2. The van der Waals surface area contributed by atoms with Crippen LogP contribution in [0.1, 0.15) is 31.9 Å². The van der Waals surface area contributed by atoms with E-state index in [0.29, 0.717) is 11.4 Å². The van der Waals surface area contributed by atoms with Gasteiger partial charge in [0.1, 0.15) is 0 Å². The molecule has 0 aliphatic heterocycles. The van der Waals surface area contributed by atoms with Gasteiger partial charge in [0.15, 0.2) is 0 Å². The SMILES string of the molecule is CCNc1cc(C)c(S(=O)(=O)NCC(C)C)c(C)c1. The first-order valence-electron chi connectivity index (χ1n) is 6.62. The number of hydrogen-bond donors (Lipinski definition) is 2. The van der Waals surface area contributed by atoms with Gasteiger partial charge in [0.25, 0.3) is 0 Å². The summed E-state index contributed by atoms with van der Waals surface area (Å²) in [6.07, 6.45) is 0. The molecule has 0 saturated carbocycles. The van der Waals surface area contributed by atoms with Crippen molar-refractivity contribution in [2.24, 2.45) is 5.92 Å². The van der Waals surface area contributed by atoms with Crippen LogP contribution in [0.15, 0.2) is 17.0 Å². The minimum Gasteiger partial charge on any atom is -0.385 e. The van der Waals surface area contributed by atoms with Gasteiger partial charge in [-0.1, -0.05) is 13.8 Å². The molecule has 1 rings (SSSR count). The van der Waals surface area contributed by atoms with E-state index in [2.05, 4.69) is 10.0 Å². The van der Waals surface area contributed by atoms with Gasteiger partial charge < -0.3 is 5.32 Å². The van der Waals surface area contributed by atoms with Crippen LogP contribution in [0.4, 0.5) is 5.69 Å². The molecule has 0 spiro atoms. The molecule has 1 aromatic carbocycles. The Morgan fingerprint density at radius 1 is 1.16 bits per heavy atom. The fourth-order valence-electron chi connectivity index (χ4n) is 2.03. The maximum atomic E-state index is 12.3. The third-order valence-corrected chi connectivity index (χ3v) is 4.52. The van der Waals surface area contributed by atoms with E-state index in [0.717, 1.165) is 23.4 Å². The Bertz CT molecular complexity index is 513. The number of anilines is 1. The molecule has 0 saturated heterocycles. The van der Waals surface area contributed by atoms with Crippen molar-refractivity contribution in [2.75, 3.05) is 18.4 Å². The topological polar surface area (TPSA) is 58.2 Å². The van der Waals surface area contributed by atoms with Crippen molar-refractivity contribution in [3.05, 3.63) is 23.3 Å². The van der Waals surface area contributed by atoms with Crippen LogP contribution >= 0.6 is 0 Å². The van der Waals surface area contributed by atoms with Crippen molar-refractivity contribution in [1.29, 1.82) is 0 Å². The zero-order valence-corrected chi connectivity index (χ0v) is 13.2. The molecule has 5 heteroatoms. The molecular weight excluding hydrogens is 260 g/mol. The van der Waals surface area contributed by atoms with Gasteiger partial charge >= 0.3 is 0 Å².